The lowest BCUT2D eigenvalue weighted by Crippen LogP contribution is -2.34. The highest BCUT2D eigenvalue weighted by Crippen LogP contribution is 2.46. The molecule has 0 saturated heterocycles. The second-order valence-electron chi connectivity index (χ2n) is 8.94. The number of aromatic nitrogens is 1. The van der Waals surface area contributed by atoms with Crippen molar-refractivity contribution in [2.75, 3.05) is 0 Å². The van der Waals surface area contributed by atoms with E-state index in [9.17, 15) is 4.79 Å². The van der Waals surface area contributed by atoms with Crippen LogP contribution in [0, 0.1) is 6.92 Å². The molecule has 2 heteroatoms. The third kappa shape index (κ3) is 3.38. The molecule has 3 rings (SSSR count). The maximum absolute atomic E-state index is 10.8. The van der Waals surface area contributed by atoms with Crippen molar-refractivity contribution in [2.24, 2.45) is 0 Å². The first-order valence-electron chi connectivity index (χ1n) is 9.39. The molecule has 1 aliphatic rings. The molecule has 0 saturated carbocycles. The monoisotopic (exact) mass is 347 g/mol. The van der Waals surface area contributed by atoms with Crippen LogP contribution in [-0.4, -0.2) is 11.3 Å². The number of benzene rings is 1. The van der Waals surface area contributed by atoms with E-state index < -0.39 is 0 Å². The van der Waals surface area contributed by atoms with Crippen LogP contribution in [0.25, 0.3) is 11.6 Å². The van der Waals surface area contributed by atoms with Crippen LogP contribution in [0.4, 0.5) is 0 Å². The molecule has 2 aromatic rings. The summed E-state index contributed by atoms with van der Waals surface area (Å²) in [5, 5.41) is 0. The van der Waals surface area contributed by atoms with Gasteiger partial charge in [0.15, 0.2) is 6.29 Å². The molecular formula is C24H29NO. The summed E-state index contributed by atoms with van der Waals surface area (Å²) in [6.07, 6.45) is 7.24. The smallest absolute Gasteiger partial charge is 0.168 e. The van der Waals surface area contributed by atoms with Crippen LogP contribution in [-0.2, 0) is 10.8 Å². The van der Waals surface area contributed by atoms with Crippen LogP contribution in [0.5, 0.6) is 0 Å². The lowest BCUT2D eigenvalue weighted by Gasteiger charge is -2.42. The van der Waals surface area contributed by atoms with Crippen molar-refractivity contribution in [3.8, 4) is 0 Å². The zero-order valence-electron chi connectivity index (χ0n) is 16.8. The molecular weight excluding hydrogens is 318 g/mol. The Bertz CT molecular complexity index is 870. The Hall–Kier alpha value is -2.22. The van der Waals surface area contributed by atoms with Crippen LogP contribution >= 0.6 is 0 Å². The first-order chi connectivity index (χ1) is 12.1. The molecule has 1 aliphatic carbocycles. The van der Waals surface area contributed by atoms with E-state index >= 15 is 0 Å². The van der Waals surface area contributed by atoms with Gasteiger partial charge in [-0.05, 0) is 77.0 Å². The van der Waals surface area contributed by atoms with E-state index in [-0.39, 0.29) is 10.8 Å². The van der Waals surface area contributed by atoms with E-state index in [2.05, 4.69) is 64.7 Å². The molecule has 0 unspecified atom stereocenters. The normalized spacial score (nSPS) is 18.3. The summed E-state index contributed by atoms with van der Waals surface area (Å²) in [6.45, 7) is 13.7. The van der Waals surface area contributed by atoms with Crippen molar-refractivity contribution in [2.45, 2.75) is 65.2 Å². The van der Waals surface area contributed by atoms with Crippen molar-refractivity contribution in [1.29, 1.82) is 0 Å². The second kappa shape index (κ2) is 6.50. The predicted octanol–water partition coefficient (Wildman–Crippen LogP) is 6.11. The third-order valence-corrected chi connectivity index (χ3v) is 5.97. The Morgan fingerprint density at radius 2 is 1.65 bits per heavy atom. The molecule has 1 aromatic carbocycles. The number of fused-ring (bicyclic) bond motifs is 1. The van der Waals surface area contributed by atoms with Gasteiger partial charge >= 0.3 is 0 Å². The zero-order chi connectivity index (χ0) is 19.1. The van der Waals surface area contributed by atoms with Gasteiger partial charge in [-0.25, -0.2) is 0 Å². The number of pyridine rings is 1. The molecule has 0 atom stereocenters. The highest BCUT2D eigenvalue weighted by Gasteiger charge is 2.37. The summed E-state index contributed by atoms with van der Waals surface area (Å²) in [7, 11) is 0. The Morgan fingerprint density at radius 1 is 1.04 bits per heavy atom. The minimum Gasteiger partial charge on any atom is -0.296 e. The highest BCUT2D eigenvalue weighted by molar-refractivity contribution is 5.82. The number of nitrogens with zero attached hydrogens (tertiary/aromatic N) is 1. The van der Waals surface area contributed by atoms with Gasteiger partial charge in [0, 0.05) is 6.20 Å². The van der Waals surface area contributed by atoms with Crippen molar-refractivity contribution in [3.05, 3.63) is 64.0 Å². The van der Waals surface area contributed by atoms with E-state index in [1.165, 1.54) is 35.1 Å². The van der Waals surface area contributed by atoms with Gasteiger partial charge in [0.05, 0.1) is 0 Å². The fourth-order valence-electron chi connectivity index (χ4n) is 3.92. The number of rotatable bonds is 3. The van der Waals surface area contributed by atoms with Gasteiger partial charge in [-0.3, -0.25) is 9.78 Å². The number of hydrogen-bond acceptors (Lipinski definition) is 2. The number of carbonyl (C=O) groups excluding carboxylic acids is 1. The van der Waals surface area contributed by atoms with Crippen LogP contribution in [0.3, 0.4) is 0 Å². The van der Waals surface area contributed by atoms with Gasteiger partial charge in [-0.1, -0.05) is 52.0 Å². The molecule has 0 N–H and O–H groups in total. The van der Waals surface area contributed by atoms with E-state index in [1.807, 2.05) is 6.07 Å². The zero-order valence-corrected chi connectivity index (χ0v) is 16.8. The Morgan fingerprint density at radius 3 is 2.19 bits per heavy atom. The van der Waals surface area contributed by atoms with Crippen LogP contribution in [0.2, 0.25) is 0 Å². The first kappa shape index (κ1) is 18.6. The summed E-state index contributed by atoms with van der Waals surface area (Å²) in [4.78, 5) is 15.0. The first-order valence-corrected chi connectivity index (χ1v) is 9.39. The maximum Gasteiger partial charge on any atom is 0.168 e. The molecule has 0 bridgehead atoms. The summed E-state index contributed by atoms with van der Waals surface area (Å²) in [5.74, 6) is 0. The summed E-state index contributed by atoms with van der Waals surface area (Å²) >= 11 is 0. The number of hydrogen-bond donors (Lipinski definition) is 0. The predicted molar refractivity (Wildman–Crippen MR) is 110 cm³/mol. The minimum atomic E-state index is 0.211. The van der Waals surface area contributed by atoms with E-state index in [0.29, 0.717) is 5.69 Å². The Kier molecular flexibility index (Phi) is 4.64. The highest BCUT2D eigenvalue weighted by atomic mass is 16.1. The molecule has 1 aromatic heterocycles. The number of carbonyl (C=O) groups is 1. The van der Waals surface area contributed by atoms with Crippen LogP contribution in [0.1, 0.15) is 85.8 Å². The van der Waals surface area contributed by atoms with Crippen molar-refractivity contribution in [3.63, 3.8) is 0 Å². The fraction of sp³-hybridized carbons (Fsp3) is 0.417. The quantitative estimate of drug-likeness (QED) is 0.627. The average molecular weight is 348 g/mol. The number of aldehydes is 1. The maximum atomic E-state index is 10.8. The molecule has 0 radical (unpaired) electrons. The van der Waals surface area contributed by atoms with Gasteiger partial charge in [0.2, 0.25) is 0 Å². The molecule has 2 nitrogen and oxygen atoms in total. The van der Waals surface area contributed by atoms with Crippen molar-refractivity contribution >= 4 is 17.9 Å². The van der Waals surface area contributed by atoms with Gasteiger partial charge in [-0.15, -0.1) is 0 Å². The molecule has 1 heterocycles. The fourth-order valence-corrected chi connectivity index (χ4v) is 3.92. The van der Waals surface area contributed by atoms with E-state index in [4.69, 9.17) is 0 Å². The topological polar surface area (TPSA) is 30.0 Å². The molecule has 0 fully saturated rings. The number of aryl methyl sites for hydroxylation is 1. The lowest BCUT2D eigenvalue weighted by molar-refractivity contribution is 0.111. The van der Waals surface area contributed by atoms with Crippen molar-refractivity contribution < 1.29 is 4.79 Å². The molecule has 0 aliphatic heterocycles. The molecule has 26 heavy (non-hydrogen) atoms. The van der Waals surface area contributed by atoms with E-state index in [1.54, 1.807) is 12.3 Å². The van der Waals surface area contributed by atoms with Crippen LogP contribution in [0.15, 0.2) is 30.5 Å². The summed E-state index contributed by atoms with van der Waals surface area (Å²) in [6, 6.07) is 8.51. The van der Waals surface area contributed by atoms with Gasteiger partial charge in [-0.2, -0.15) is 0 Å². The lowest BCUT2D eigenvalue weighted by atomic mass is 9.62. The van der Waals surface area contributed by atoms with Gasteiger partial charge in [0.1, 0.15) is 5.69 Å². The Labute approximate surface area is 157 Å². The minimum absolute atomic E-state index is 0.211. The summed E-state index contributed by atoms with van der Waals surface area (Å²) < 4.78 is 0. The van der Waals surface area contributed by atoms with Gasteiger partial charge in [0.25, 0.3) is 0 Å². The van der Waals surface area contributed by atoms with Crippen molar-refractivity contribution in [1.82, 2.24) is 4.98 Å². The third-order valence-electron chi connectivity index (χ3n) is 5.97. The van der Waals surface area contributed by atoms with Crippen LogP contribution < -0.4 is 0 Å². The molecule has 0 spiro atoms. The molecule has 136 valence electrons. The number of allylic oxidation sites excluding steroid dienone is 1. The standard InChI is InChI=1S/C24H29NO/c1-16(18-7-8-20(15-26)25-14-18)11-19-13-22-21(12-17(19)2)23(3,4)9-10-24(22,5)6/h7-8,11-15H,9-10H2,1-6H3/b16-11+. The largest absolute Gasteiger partial charge is 0.296 e. The average Bonchev–Trinajstić information content (AvgIpc) is 2.60. The second-order valence-corrected chi connectivity index (χ2v) is 8.94. The van der Waals surface area contributed by atoms with Gasteiger partial charge < -0.3 is 0 Å². The molecule has 0 amide bonds. The van der Waals surface area contributed by atoms with E-state index in [0.717, 1.165) is 17.4 Å². The summed E-state index contributed by atoms with van der Waals surface area (Å²) in [5.41, 5.74) is 8.68. The SMILES string of the molecule is C/C(=C\c1cc2c(cc1C)C(C)(C)CCC2(C)C)c1ccc(C=O)nc1. The Balaban J connectivity index is 2.07.